The number of amides is 1. The van der Waals surface area contributed by atoms with Crippen molar-refractivity contribution in [3.05, 3.63) is 54.0 Å². The van der Waals surface area contributed by atoms with Gasteiger partial charge < -0.3 is 15.0 Å². The highest BCUT2D eigenvalue weighted by atomic mass is 19.1. The summed E-state index contributed by atoms with van der Waals surface area (Å²) in [6, 6.07) is 11.5. The summed E-state index contributed by atoms with van der Waals surface area (Å²) in [5.41, 5.74) is 1.13. The molecule has 5 nitrogen and oxygen atoms in total. The Morgan fingerprint density at radius 2 is 2.13 bits per heavy atom. The number of aromatic nitrogens is 1. The van der Waals surface area contributed by atoms with Crippen molar-refractivity contribution in [2.24, 2.45) is 0 Å². The van der Waals surface area contributed by atoms with E-state index in [1.54, 1.807) is 31.4 Å². The van der Waals surface area contributed by atoms with Crippen LogP contribution in [-0.2, 0) is 11.3 Å². The number of methoxy groups -OCH3 is 1. The monoisotopic (exact) mass is 315 g/mol. The molecule has 1 atom stereocenters. The van der Waals surface area contributed by atoms with Gasteiger partial charge in [-0.2, -0.15) is 0 Å². The molecule has 1 aromatic heterocycles. The van der Waals surface area contributed by atoms with E-state index >= 15 is 0 Å². The number of benzene rings is 1. The third-order valence-electron chi connectivity index (χ3n) is 3.87. The third kappa shape index (κ3) is 3.32. The Labute approximate surface area is 134 Å². The molecule has 0 radical (unpaired) electrons. The summed E-state index contributed by atoms with van der Waals surface area (Å²) in [4.78, 5) is 18.2. The Morgan fingerprint density at radius 1 is 1.30 bits per heavy atom. The summed E-state index contributed by atoms with van der Waals surface area (Å²) in [6.45, 7) is 0.960. The number of hydrogen-bond donors (Lipinski definition) is 1. The standard InChI is InChI=1S/C17H18FN3O2/c1-23-16-8-4-5-12(20-16)11-19-14-9-10-21(17(14)22)15-7-3-2-6-13(15)18/h2-8,14,19H,9-11H2,1H3. The first-order valence-electron chi connectivity index (χ1n) is 7.48. The van der Waals surface area contributed by atoms with E-state index in [0.717, 1.165) is 5.69 Å². The van der Waals surface area contributed by atoms with Gasteiger partial charge in [-0.05, 0) is 24.6 Å². The van der Waals surface area contributed by atoms with E-state index < -0.39 is 0 Å². The molecule has 1 unspecified atom stereocenters. The smallest absolute Gasteiger partial charge is 0.244 e. The normalized spacial score (nSPS) is 17.6. The molecule has 1 amide bonds. The second-order valence-corrected chi connectivity index (χ2v) is 5.33. The molecule has 2 aromatic rings. The lowest BCUT2D eigenvalue weighted by atomic mass is 10.2. The Bertz CT molecular complexity index is 708. The number of para-hydroxylation sites is 1. The first-order valence-corrected chi connectivity index (χ1v) is 7.48. The van der Waals surface area contributed by atoms with Crippen molar-refractivity contribution >= 4 is 11.6 Å². The van der Waals surface area contributed by atoms with Gasteiger partial charge in [0.25, 0.3) is 0 Å². The highest BCUT2D eigenvalue weighted by Crippen LogP contribution is 2.24. The first-order chi connectivity index (χ1) is 11.2. The van der Waals surface area contributed by atoms with Gasteiger partial charge in [-0.1, -0.05) is 18.2 Å². The van der Waals surface area contributed by atoms with Crippen molar-refractivity contribution in [3.63, 3.8) is 0 Å². The summed E-state index contributed by atoms with van der Waals surface area (Å²) in [5.74, 6) is 0.0454. The summed E-state index contributed by atoms with van der Waals surface area (Å²) in [5, 5.41) is 3.19. The van der Waals surface area contributed by atoms with Gasteiger partial charge in [-0.3, -0.25) is 4.79 Å². The minimum atomic E-state index is -0.379. The van der Waals surface area contributed by atoms with Crippen molar-refractivity contribution < 1.29 is 13.9 Å². The van der Waals surface area contributed by atoms with E-state index in [4.69, 9.17) is 4.74 Å². The predicted octanol–water partition coefficient (Wildman–Crippen LogP) is 2.12. The number of anilines is 1. The molecule has 1 fully saturated rings. The van der Waals surface area contributed by atoms with Crippen LogP contribution in [0.5, 0.6) is 5.88 Å². The van der Waals surface area contributed by atoms with Crippen molar-refractivity contribution in [3.8, 4) is 5.88 Å². The third-order valence-corrected chi connectivity index (χ3v) is 3.87. The molecule has 1 aliphatic heterocycles. The summed E-state index contributed by atoms with van der Waals surface area (Å²) in [7, 11) is 1.56. The summed E-state index contributed by atoms with van der Waals surface area (Å²) in [6.07, 6.45) is 0.636. The lowest BCUT2D eigenvalue weighted by Crippen LogP contribution is -2.38. The second-order valence-electron chi connectivity index (χ2n) is 5.33. The Kier molecular flexibility index (Phi) is 4.52. The first kappa shape index (κ1) is 15.4. The van der Waals surface area contributed by atoms with Crippen molar-refractivity contribution in [2.45, 2.75) is 19.0 Å². The zero-order valence-electron chi connectivity index (χ0n) is 12.8. The number of nitrogens with one attached hydrogen (secondary N) is 1. The minimum Gasteiger partial charge on any atom is -0.481 e. The molecule has 3 rings (SSSR count). The van der Waals surface area contributed by atoms with E-state index in [0.29, 0.717) is 31.1 Å². The van der Waals surface area contributed by atoms with Gasteiger partial charge in [0, 0.05) is 19.2 Å². The largest absolute Gasteiger partial charge is 0.481 e. The zero-order valence-corrected chi connectivity index (χ0v) is 12.8. The average molecular weight is 315 g/mol. The maximum Gasteiger partial charge on any atom is 0.244 e. The molecule has 0 bridgehead atoms. The number of rotatable bonds is 5. The van der Waals surface area contributed by atoms with Gasteiger partial charge in [0.05, 0.1) is 24.5 Å². The molecule has 0 aliphatic carbocycles. The maximum atomic E-state index is 13.8. The molecule has 1 N–H and O–H groups in total. The molecule has 1 aromatic carbocycles. The molecule has 6 heteroatoms. The molecule has 120 valence electrons. The highest BCUT2D eigenvalue weighted by molar-refractivity contribution is 5.99. The fourth-order valence-corrected chi connectivity index (χ4v) is 2.68. The highest BCUT2D eigenvalue weighted by Gasteiger charge is 2.33. The number of carbonyl (C=O) groups excluding carboxylic acids is 1. The number of carbonyl (C=O) groups is 1. The second kappa shape index (κ2) is 6.75. The maximum absolute atomic E-state index is 13.8. The predicted molar refractivity (Wildman–Crippen MR) is 84.8 cm³/mol. The molecule has 1 saturated heterocycles. The van der Waals surface area contributed by atoms with E-state index in [1.165, 1.54) is 11.0 Å². The van der Waals surface area contributed by atoms with Gasteiger partial charge in [0.2, 0.25) is 11.8 Å². The van der Waals surface area contributed by atoms with Gasteiger partial charge in [0.1, 0.15) is 5.82 Å². The fraction of sp³-hybridized carbons (Fsp3) is 0.294. The van der Waals surface area contributed by atoms with E-state index in [1.807, 2.05) is 12.1 Å². The van der Waals surface area contributed by atoms with E-state index in [-0.39, 0.29) is 17.8 Å². The van der Waals surface area contributed by atoms with Crippen molar-refractivity contribution in [1.82, 2.24) is 10.3 Å². The van der Waals surface area contributed by atoms with Crippen LogP contribution in [-0.4, -0.2) is 30.6 Å². The average Bonchev–Trinajstić information content (AvgIpc) is 2.94. The van der Waals surface area contributed by atoms with Gasteiger partial charge in [0.15, 0.2) is 0 Å². The Balaban J connectivity index is 1.64. The molecular weight excluding hydrogens is 297 g/mol. The molecule has 0 saturated carbocycles. The van der Waals surface area contributed by atoms with Crippen LogP contribution in [0.25, 0.3) is 0 Å². The van der Waals surface area contributed by atoms with Gasteiger partial charge in [-0.15, -0.1) is 0 Å². The van der Waals surface area contributed by atoms with Crippen molar-refractivity contribution in [1.29, 1.82) is 0 Å². The van der Waals surface area contributed by atoms with Crippen molar-refractivity contribution in [2.75, 3.05) is 18.6 Å². The van der Waals surface area contributed by atoms with Crippen LogP contribution in [0.15, 0.2) is 42.5 Å². The Hall–Kier alpha value is -2.47. The van der Waals surface area contributed by atoms with E-state index in [9.17, 15) is 9.18 Å². The molecule has 1 aliphatic rings. The lowest BCUT2D eigenvalue weighted by molar-refractivity contribution is -0.118. The molecule has 23 heavy (non-hydrogen) atoms. The van der Waals surface area contributed by atoms with Crippen LogP contribution in [0.4, 0.5) is 10.1 Å². The van der Waals surface area contributed by atoms with Crippen LogP contribution in [0, 0.1) is 5.82 Å². The van der Waals surface area contributed by atoms with Crippen LogP contribution in [0.3, 0.4) is 0 Å². The molecular formula is C17H18FN3O2. The SMILES string of the molecule is COc1cccc(CNC2CCN(c3ccccc3F)C2=O)n1. The van der Waals surface area contributed by atoms with E-state index in [2.05, 4.69) is 10.3 Å². The number of halogens is 1. The van der Waals surface area contributed by atoms with Gasteiger partial charge >= 0.3 is 0 Å². The molecule has 0 spiro atoms. The lowest BCUT2D eigenvalue weighted by Gasteiger charge is -2.17. The Morgan fingerprint density at radius 3 is 2.91 bits per heavy atom. The number of ether oxygens (including phenoxy) is 1. The zero-order chi connectivity index (χ0) is 16.2. The number of nitrogens with zero attached hydrogens (tertiary/aromatic N) is 2. The molecule has 2 heterocycles. The summed E-state index contributed by atoms with van der Waals surface area (Å²) < 4.78 is 18.9. The van der Waals surface area contributed by atoms with Gasteiger partial charge in [-0.25, -0.2) is 9.37 Å². The van der Waals surface area contributed by atoms with Crippen LogP contribution in [0.2, 0.25) is 0 Å². The van der Waals surface area contributed by atoms with Crippen LogP contribution >= 0.6 is 0 Å². The fourth-order valence-electron chi connectivity index (χ4n) is 2.68. The minimum absolute atomic E-state index is 0.113. The van der Waals surface area contributed by atoms with Crippen LogP contribution in [0.1, 0.15) is 12.1 Å². The number of hydrogen-bond acceptors (Lipinski definition) is 4. The quantitative estimate of drug-likeness (QED) is 0.918. The summed E-state index contributed by atoms with van der Waals surface area (Å²) >= 11 is 0. The number of pyridine rings is 1. The topological polar surface area (TPSA) is 54.5 Å². The van der Waals surface area contributed by atoms with Crippen LogP contribution < -0.4 is 15.0 Å².